The van der Waals surface area contributed by atoms with Gasteiger partial charge in [-0.05, 0) is 113 Å². The average Bonchev–Trinajstić information content (AvgIpc) is 3.65. The lowest BCUT2D eigenvalue weighted by Gasteiger charge is -2.26. The van der Waals surface area contributed by atoms with Crippen molar-refractivity contribution in [2.45, 2.75) is 104 Å². The molecule has 57 heavy (non-hydrogen) atoms. The number of carbonyl (C=O) groups is 1. The number of unbranched alkanes of at least 4 members (excludes halogenated alkanes) is 4. The first kappa shape index (κ1) is 41.6. The number of aromatic hydroxyl groups is 1. The van der Waals surface area contributed by atoms with E-state index in [1.807, 2.05) is 29.1 Å². The minimum Gasteiger partial charge on any atom is -0.506 e. The summed E-state index contributed by atoms with van der Waals surface area (Å²) >= 11 is 0. The van der Waals surface area contributed by atoms with Crippen LogP contribution in [-0.2, 0) is 41.8 Å². The van der Waals surface area contributed by atoms with E-state index in [1.54, 1.807) is 12.1 Å². The van der Waals surface area contributed by atoms with Crippen LogP contribution in [0, 0.1) is 0 Å². The summed E-state index contributed by atoms with van der Waals surface area (Å²) in [5.74, 6) is 0.100. The number of hydrogen-bond donors (Lipinski definition) is 6. The highest BCUT2D eigenvalue weighted by Crippen LogP contribution is 2.31. The molecule has 6 N–H and O–H groups in total. The van der Waals surface area contributed by atoms with E-state index in [0.29, 0.717) is 18.1 Å². The molecule has 13 nitrogen and oxygen atoms in total. The molecule has 306 valence electrons. The number of anilines is 2. The molecule has 13 heteroatoms. The maximum atomic E-state index is 13.1. The molecule has 0 radical (unpaired) electrons. The monoisotopic (exact) mass is 780 g/mol. The lowest BCUT2D eigenvalue weighted by molar-refractivity contribution is 0.0904. The van der Waals surface area contributed by atoms with Crippen LogP contribution < -0.4 is 26.8 Å². The van der Waals surface area contributed by atoms with E-state index in [4.69, 9.17) is 14.5 Å². The van der Waals surface area contributed by atoms with Crippen molar-refractivity contribution in [2.24, 2.45) is 0 Å². The zero-order chi connectivity index (χ0) is 39.8. The molecule has 3 aromatic heterocycles. The third kappa shape index (κ3) is 11.8. The van der Waals surface area contributed by atoms with Crippen LogP contribution in [0.1, 0.15) is 87.6 Å². The molecule has 2 aromatic carbocycles. The normalized spacial score (nSPS) is 13.4. The summed E-state index contributed by atoms with van der Waals surface area (Å²) in [4.78, 5) is 32.4. The number of aromatic nitrogens is 4. The second-order valence-electron chi connectivity index (χ2n) is 14.8. The van der Waals surface area contributed by atoms with E-state index in [9.17, 15) is 14.7 Å². The van der Waals surface area contributed by atoms with Gasteiger partial charge in [-0.2, -0.15) is 5.10 Å². The number of carbonyl (C=O) groups excluding carboxylic acids is 1. The summed E-state index contributed by atoms with van der Waals surface area (Å²) in [6.45, 7) is 10.1. The minimum absolute atomic E-state index is 0.100. The summed E-state index contributed by atoms with van der Waals surface area (Å²) in [5, 5.41) is 29.9. The van der Waals surface area contributed by atoms with E-state index in [1.165, 1.54) is 18.1 Å². The van der Waals surface area contributed by atoms with E-state index < -0.39 is 0 Å². The van der Waals surface area contributed by atoms with Crippen LogP contribution in [0.3, 0.4) is 0 Å². The molecule has 1 aliphatic heterocycles. The molecular weight excluding hydrogens is 721 g/mol. The Balaban J connectivity index is 0.826. The number of aromatic amines is 1. The predicted octanol–water partition coefficient (Wildman–Crippen LogP) is 7.21. The van der Waals surface area contributed by atoms with Crippen molar-refractivity contribution < 1.29 is 19.4 Å². The van der Waals surface area contributed by atoms with Crippen LogP contribution in [0.4, 0.5) is 16.2 Å². The first-order valence-electron chi connectivity index (χ1n) is 20.9. The standard InChI is InChI=1S/C44H60N8O5/c1-3-38-36(41(48-34-21-27-57-28-22-34)37-30-47-52(4-2)43(37)50-38)29-46-44(55)49-33-15-12-31(13-16-33)11-7-10-26-56-25-9-6-5-8-23-45-24-20-32-14-18-39(53)42-35(32)17-19-40(54)51-42/h12-19,30,34,45,53H,3-11,20-29H2,1-2H3,(H,48,50)(H,51,54)(H2,46,49,55). The molecule has 2 amide bonds. The Morgan fingerprint density at radius 1 is 0.930 bits per heavy atom. The van der Waals surface area contributed by atoms with Gasteiger partial charge < -0.3 is 40.8 Å². The van der Waals surface area contributed by atoms with Gasteiger partial charge in [-0.25, -0.2) is 14.5 Å². The topological polar surface area (TPSA) is 167 Å². The van der Waals surface area contributed by atoms with Gasteiger partial charge in [-0.3, -0.25) is 4.79 Å². The third-order valence-electron chi connectivity index (χ3n) is 10.7. The smallest absolute Gasteiger partial charge is 0.319 e. The molecule has 0 saturated carbocycles. The number of benzene rings is 2. The van der Waals surface area contributed by atoms with Crippen LogP contribution in [0.25, 0.3) is 21.9 Å². The minimum atomic E-state index is -0.253. The number of H-pyrrole nitrogens is 1. The lowest BCUT2D eigenvalue weighted by atomic mass is 10.0. The summed E-state index contributed by atoms with van der Waals surface area (Å²) in [7, 11) is 0. The molecule has 0 aliphatic carbocycles. The third-order valence-corrected chi connectivity index (χ3v) is 10.7. The Bertz CT molecular complexity index is 2090. The van der Waals surface area contributed by atoms with Crippen LogP contribution in [-0.4, -0.2) is 76.4 Å². The average molecular weight is 781 g/mol. The molecule has 1 fully saturated rings. The number of phenols is 1. The Labute approximate surface area is 335 Å². The summed E-state index contributed by atoms with van der Waals surface area (Å²) in [6.07, 6.45) is 12.9. The van der Waals surface area contributed by atoms with Crippen molar-refractivity contribution in [3.63, 3.8) is 0 Å². The van der Waals surface area contributed by atoms with Crippen molar-refractivity contribution in [1.29, 1.82) is 0 Å². The fraction of sp³-hybridized carbons (Fsp3) is 0.500. The summed E-state index contributed by atoms with van der Waals surface area (Å²) < 4.78 is 13.4. The fourth-order valence-electron chi connectivity index (χ4n) is 7.51. The van der Waals surface area contributed by atoms with Crippen molar-refractivity contribution in [3.05, 3.63) is 87.5 Å². The van der Waals surface area contributed by atoms with Crippen molar-refractivity contribution in [2.75, 3.05) is 50.2 Å². The molecule has 1 saturated heterocycles. The number of rotatable bonds is 22. The van der Waals surface area contributed by atoms with Gasteiger partial charge in [0.25, 0.3) is 0 Å². The first-order chi connectivity index (χ1) is 27.9. The van der Waals surface area contributed by atoms with Gasteiger partial charge >= 0.3 is 6.03 Å². The highest BCUT2D eigenvalue weighted by atomic mass is 16.5. The van der Waals surface area contributed by atoms with Crippen molar-refractivity contribution in [1.82, 2.24) is 30.4 Å². The van der Waals surface area contributed by atoms with E-state index in [-0.39, 0.29) is 17.3 Å². The van der Waals surface area contributed by atoms with Gasteiger partial charge in [0.2, 0.25) is 5.56 Å². The Hall–Kier alpha value is -4.98. The lowest BCUT2D eigenvalue weighted by Crippen LogP contribution is -2.31. The number of phenolic OH excluding ortho intramolecular Hbond substituents is 1. The number of aryl methyl sites for hydroxylation is 3. The van der Waals surface area contributed by atoms with Crippen molar-refractivity contribution >= 4 is 39.3 Å². The van der Waals surface area contributed by atoms with Crippen molar-refractivity contribution in [3.8, 4) is 5.75 Å². The Morgan fingerprint density at radius 2 is 1.72 bits per heavy atom. The van der Waals surface area contributed by atoms with Gasteiger partial charge in [0.1, 0.15) is 5.75 Å². The fourth-order valence-corrected chi connectivity index (χ4v) is 7.51. The maximum Gasteiger partial charge on any atom is 0.319 e. The summed E-state index contributed by atoms with van der Waals surface area (Å²) in [6, 6.07) is 15.0. The van der Waals surface area contributed by atoms with Gasteiger partial charge in [-0.1, -0.05) is 38.0 Å². The van der Waals surface area contributed by atoms with Gasteiger partial charge in [0, 0.05) is 74.0 Å². The predicted molar refractivity (Wildman–Crippen MR) is 227 cm³/mol. The SMILES string of the molecule is CCc1nc2c(cnn2CC)c(NC2CCOCC2)c1CNC(=O)Nc1ccc(CCCCOCCCCCCNCCc2ccc(O)c3[nH]c(=O)ccc23)cc1. The molecule has 0 spiro atoms. The Morgan fingerprint density at radius 3 is 2.51 bits per heavy atom. The molecule has 6 rings (SSSR count). The van der Waals surface area contributed by atoms with Crippen LogP contribution in [0.5, 0.6) is 5.75 Å². The van der Waals surface area contributed by atoms with Crippen LogP contribution in [0.2, 0.25) is 0 Å². The first-order valence-corrected chi connectivity index (χ1v) is 20.9. The zero-order valence-corrected chi connectivity index (χ0v) is 33.6. The largest absolute Gasteiger partial charge is 0.506 e. The van der Waals surface area contributed by atoms with Gasteiger partial charge in [0.05, 0.1) is 22.8 Å². The maximum absolute atomic E-state index is 13.1. The molecule has 0 unspecified atom stereocenters. The molecule has 0 bridgehead atoms. The second-order valence-corrected chi connectivity index (χ2v) is 14.8. The zero-order valence-electron chi connectivity index (χ0n) is 33.6. The van der Waals surface area contributed by atoms with Gasteiger partial charge in [0.15, 0.2) is 5.65 Å². The number of hydrogen-bond acceptors (Lipinski definition) is 9. The number of nitrogens with zero attached hydrogens (tertiary/aromatic N) is 3. The highest BCUT2D eigenvalue weighted by molar-refractivity contribution is 5.93. The number of fused-ring (bicyclic) bond motifs is 2. The molecule has 4 heterocycles. The number of urea groups is 1. The van der Waals surface area contributed by atoms with E-state index >= 15 is 0 Å². The Kier molecular flexibility index (Phi) is 15.7. The number of nitrogens with one attached hydrogen (secondary N) is 5. The van der Waals surface area contributed by atoms with Gasteiger partial charge in [-0.15, -0.1) is 0 Å². The molecule has 0 atom stereocenters. The number of pyridine rings is 2. The quantitative estimate of drug-likeness (QED) is 0.0398. The highest BCUT2D eigenvalue weighted by Gasteiger charge is 2.22. The molecular formula is C44H60N8O5. The van der Waals surface area contributed by atoms with Crippen LogP contribution in [0.15, 0.2) is 59.5 Å². The summed E-state index contributed by atoms with van der Waals surface area (Å²) in [5.41, 5.74) is 7.23. The second kappa shape index (κ2) is 21.5. The number of ether oxygens (including phenoxy) is 2. The van der Waals surface area contributed by atoms with E-state index in [2.05, 4.69) is 57.3 Å². The molecule has 1 aliphatic rings. The molecule has 5 aromatic rings. The van der Waals surface area contributed by atoms with E-state index in [0.717, 1.165) is 155 Å². The van der Waals surface area contributed by atoms with Crippen LogP contribution >= 0.6 is 0 Å². The number of amides is 2.